The Morgan fingerprint density at radius 2 is 1.80 bits per heavy atom. The zero-order valence-corrected chi connectivity index (χ0v) is 27.2. The topological polar surface area (TPSA) is 131 Å². The van der Waals surface area contributed by atoms with Crippen molar-refractivity contribution in [2.45, 2.75) is 65.8 Å². The lowest BCUT2D eigenvalue weighted by atomic mass is 10.1. The number of hydrogen-bond donors (Lipinski definition) is 2. The summed E-state index contributed by atoms with van der Waals surface area (Å²) in [5.41, 5.74) is 3.42. The smallest absolute Gasteiger partial charge is 0.410 e. The molecule has 12 nitrogen and oxygen atoms in total. The summed E-state index contributed by atoms with van der Waals surface area (Å²) in [6.45, 7) is 12.5. The van der Waals surface area contributed by atoms with Gasteiger partial charge < -0.3 is 25.0 Å². The van der Waals surface area contributed by atoms with Gasteiger partial charge in [0.25, 0.3) is 11.1 Å². The third-order valence-corrected chi connectivity index (χ3v) is 8.41. The van der Waals surface area contributed by atoms with E-state index < -0.39 is 5.60 Å². The largest absolute Gasteiger partial charge is 0.473 e. The second-order valence-corrected chi connectivity index (χ2v) is 13.2. The number of piperazine rings is 1. The fraction of sp³-hybridized carbons (Fsp3) is 0.452. The molecule has 2 aromatic carbocycles. The molecule has 234 valence electrons. The van der Waals surface area contributed by atoms with Gasteiger partial charge in [-0.1, -0.05) is 11.3 Å². The van der Waals surface area contributed by atoms with E-state index in [0.29, 0.717) is 35.1 Å². The maximum Gasteiger partial charge on any atom is 0.410 e. The van der Waals surface area contributed by atoms with Gasteiger partial charge in [0.1, 0.15) is 11.1 Å². The summed E-state index contributed by atoms with van der Waals surface area (Å²) in [6.07, 6.45) is 1.55. The summed E-state index contributed by atoms with van der Waals surface area (Å²) in [4.78, 5) is 46.9. The molecule has 5 rings (SSSR count). The van der Waals surface area contributed by atoms with E-state index in [2.05, 4.69) is 25.6 Å². The van der Waals surface area contributed by atoms with Crippen LogP contribution >= 0.6 is 11.3 Å². The van der Waals surface area contributed by atoms with Crippen molar-refractivity contribution in [2.24, 2.45) is 7.05 Å². The predicted octanol–water partition coefficient (Wildman–Crippen LogP) is 4.91. The summed E-state index contributed by atoms with van der Waals surface area (Å²) in [7, 11) is 3.38. The fourth-order valence-corrected chi connectivity index (χ4v) is 6.59. The molecule has 0 aliphatic carbocycles. The number of carbonyl (C=O) groups excluding carboxylic acids is 3. The Balaban J connectivity index is 1.44. The molecule has 0 bridgehead atoms. The first-order chi connectivity index (χ1) is 20.7. The van der Waals surface area contributed by atoms with Crippen LogP contribution in [0.2, 0.25) is 0 Å². The van der Waals surface area contributed by atoms with Gasteiger partial charge in [-0.15, -0.1) is 0 Å². The van der Waals surface area contributed by atoms with Crippen LogP contribution in [0.15, 0.2) is 30.5 Å². The molecule has 1 saturated heterocycles. The molecule has 3 amide bonds. The molecule has 1 aliphatic heterocycles. The molecule has 2 N–H and O–H groups in total. The van der Waals surface area contributed by atoms with Gasteiger partial charge in [0.05, 0.1) is 40.7 Å². The van der Waals surface area contributed by atoms with Crippen molar-refractivity contribution < 1.29 is 23.9 Å². The minimum absolute atomic E-state index is 0.101. The molecule has 13 heteroatoms. The Hall–Kier alpha value is -4.39. The summed E-state index contributed by atoms with van der Waals surface area (Å²) >= 11 is 1.38. The van der Waals surface area contributed by atoms with E-state index in [1.807, 2.05) is 66.1 Å². The number of hydrogen-bond acceptors (Lipinski definition) is 9. The summed E-state index contributed by atoms with van der Waals surface area (Å²) in [5.74, 6) is -0.474. The van der Waals surface area contributed by atoms with Crippen molar-refractivity contribution >= 4 is 61.7 Å². The van der Waals surface area contributed by atoms with Crippen LogP contribution in [0.5, 0.6) is 5.19 Å². The quantitative estimate of drug-likeness (QED) is 0.311. The number of thiazole rings is 1. The van der Waals surface area contributed by atoms with E-state index in [0.717, 1.165) is 26.9 Å². The lowest BCUT2D eigenvalue weighted by Crippen LogP contribution is -2.59. The van der Waals surface area contributed by atoms with Gasteiger partial charge in [0, 0.05) is 56.4 Å². The van der Waals surface area contributed by atoms with Gasteiger partial charge in [-0.3, -0.25) is 19.2 Å². The number of carbonyl (C=O) groups is 3. The van der Waals surface area contributed by atoms with Crippen molar-refractivity contribution in [2.75, 3.05) is 30.4 Å². The Morgan fingerprint density at radius 3 is 2.43 bits per heavy atom. The molecule has 1 aliphatic rings. The van der Waals surface area contributed by atoms with E-state index in [4.69, 9.17) is 9.47 Å². The molecule has 2 atom stereocenters. The highest BCUT2D eigenvalue weighted by atomic mass is 32.1. The highest BCUT2D eigenvalue weighted by Crippen LogP contribution is 2.39. The second-order valence-electron chi connectivity index (χ2n) is 12.2. The number of rotatable bonds is 6. The third kappa shape index (κ3) is 6.42. The average molecular weight is 622 g/mol. The SMILES string of the molecule is COc1nc2c(C(=O)Nc3cc(CNC(C)=O)c4nn(C)cc4c3)ccc(N3C[C@H](C)N(C(=O)OC(C)(C)C)[C@@H](C)C3)c2s1. The first-order valence-corrected chi connectivity index (χ1v) is 15.3. The van der Waals surface area contributed by atoms with Gasteiger partial charge in [-0.2, -0.15) is 5.10 Å². The Kier molecular flexibility index (Phi) is 8.43. The molecule has 2 aromatic heterocycles. The minimum atomic E-state index is -0.577. The highest BCUT2D eigenvalue weighted by Gasteiger charge is 2.36. The van der Waals surface area contributed by atoms with Crippen LogP contribution in [-0.2, 0) is 23.1 Å². The van der Waals surface area contributed by atoms with Crippen LogP contribution in [0.1, 0.15) is 57.5 Å². The zero-order chi connectivity index (χ0) is 31.9. The molecule has 0 unspecified atom stereocenters. The fourth-order valence-electron chi connectivity index (χ4n) is 5.64. The van der Waals surface area contributed by atoms with E-state index in [-0.39, 0.29) is 36.5 Å². The van der Waals surface area contributed by atoms with Crippen molar-refractivity contribution in [1.82, 2.24) is 25.0 Å². The molecule has 0 radical (unpaired) electrons. The van der Waals surface area contributed by atoms with E-state index >= 15 is 0 Å². The lowest BCUT2D eigenvalue weighted by molar-refractivity contribution is -0.119. The number of anilines is 2. The third-order valence-electron chi connectivity index (χ3n) is 7.37. The van der Waals surface area contributed by atoms with E-state index in [1.54, 1.807) is 22.8 Å². The van der Waals surface area contributed by atoms with E-state index in [1.165, 1.54) is 18.3 Å². The number of nitrogens with zero attached hydrogens (tertiary/aromatic N) is 5. The number of methoxy groups -OCH3 is 1. The number of aryl methyl sites for hydroxylation is 1. The molecule has 0 saturated carbocycles. The van der Waals surface area contributed by atoms with Crippen LogP contribution in [-0.4, -0.2) is 75.5 Å². The van der Waals surface area contributed by atoms with Crippen molar-refractivity contribution in [3.8, 4) is 5.19 Å². The number of aromatic nitrogens is 3. The van der Waals surface area contributed by atoms with Crippen molar-refractivity contribution in [1.29, 1.82) is 0 Å². The predicted molar refractivity (Wildman–Crippen MR) is 172 cm³/mol. The van der Waals surface area contributed by atoms with Gasteiger partial charge in [0.15, 0.2) is 0 Å². The molecule has 1 fully saturated rings. The van der Waals surface area contributed by atoms with Crippen LogP contribution < -0.4 is 20.3 Å². The monoisotopic (exact) mass is 621 g/mol. The van der Waals surface area contributed by atoms with Crippen LogP contribution in [0, 0.1) is 0 Å². The van der Waals surface area contributed by atoms with Gasteiger partial charge in [0.2, 0.25) is 5.91 Å². The number of fused-ring (bicyclic) bond motifs is 2. The number of amides is 3. The molecule has 4 aromatic rings. The van der Waals surface area contributed by atoms with Crippen LogP contribution in [0.3, 0.4) is 0 Å². The van der Waals surface area contributed by atoms with Crippen LogP contribution in [0.25, 0.3) is 21.1 Å². The summed E-state index contributed by atoms with van der Waals surface area (Å²) in [5, 5.41) is 11.6. The van der Waals surface area contributed by atoms with E-state index in [9.17, 15) is 14.4 Å². The number of benzene rings is 2. The molecule has 44 heavy (non-hydrogen) atoms. The molecular weight excluding hydrogens is 582 g/mol. The number of ether oxygens (including phenoxy) is 2. The average Bonchev–Trinajstić information content (AvgIpc) is 3.52. The maximum absolute atomic E-state index is 13.7. The first-order valence-electron chi connectivity index (χ1n) is 14.5. The Bertz CT molecular complexity index is 1730. The second kappa shape index (κ2) is 11.9. The normalized spacial score (nSPS) is 17.2. The van der Waals surface area contributed by atoms with Gasteiger partial charge in [-0.05, 0) is 58.9 Å². The minimum Gasteiger partial charge on any atom is -0.473 e. The van der Waals surface area contributed by atoms with Gasteiger partial charge >= 0.3 is 6.09 Å². The first kappa shape index (κ1) is 31.0. The Morgan fingerprint density at radius 1 is 1.09 bits per heavy atom. The zero-order valence-electron chi connectivity index (χ0n) is 26.3. The summed E-state index contributed by atoms with van der Waals surface area (Å²) < 4.78 is 13.7. The Labute approximate surface area is 260 Å². The maximum atomic E-state index is 13.7. The summed E-state index contributed by atoms with van der Waals surface area (Å²) in [6, 6.07) is 7.19. The van der Waals surface area contributed by atoms with Gasteiger partial charge in [-0.25, -0.2) is 9.78 Å². The number of nitrogens with one attached hydrogen (secondary N) is 2. The highest BCUT2D eigenvalue weighted by molar-refractivity contribution is 7.21. The molecule has 0 spiro atoms. The van der Waals surface area contributed by atoms with Crippen molar-refractivity contribution in [3.63, 3.8) is 0 Å². The standard InChI is InChI=1S/C31H39N7O5S/c1-17-14-37(15-18(2)38(17)30(41)43-31(4,5)6)24-10-9-23(26-27(24)44-29(34-26)42-8)28(40)33-22-11-20(13-32-19(3)39)25-21(12-22)16-36(7)35-25/h9-12,16-18H,13-15H2,1-8H3,(H,32,39)(H,33,40)/t17-,18-/m0/s1. The molecule has 3 heterocycles. The molecular formula is C31H39N7O5S. The van der Waals surface area contributed by atoms with Crippen molar-refractivity contribution in [3.05, 3.63) is 41.6 Å². The lowest BCUT2D eigenvalue weighted by Gasteiger charge is -2.45. The van der Waals surface area contributed by atoms with Crippen LogP contribution in [0.4, 0.5) is 16.2 Å².